The van der Waals surface area contributed by atoms with Crippen LogP contribution in [-0.4, -0.2) is 29.7 Å². The zero-order valence-electron chi connectivity index (χ0n) is 13.8. The maximum atomic E-state index is 6.02. The summed E-state index contributed by atoms with van der Waals surface area (Å²) >= 11 is 6.02. The highest BCUT2D eigenvalue weighted by Crippen LogP contribution is 2.35. The van der Waals surface area contributed by atoms with E-state index in [1.807, 2.05) is 24.3 Å². The van der Waals surface area contributed by atoms with Crippen LogP contribution in [0.2, 0.25) is 5.02 Å². The molecule has 0 saturated heterocycles. The number of aromatic nitrogens is 2. The summed E-state index contributed by atoms with van der Waals surface area (Å²) < 4.78 is 5.19. The van der Waals surface area contributed by atoms with Gasteiger partial charge >= 0.3 is 0 Å². The van der Waals surface area contributed by atoms with Gasteiger partial charge in [-0.05, 0) is 37.0 Å². The number of ether oxygens (including phenoxy) is 1. The number of methoxy groups -OCH3 is 1. The number of anilines is 1. The lowest BCUT2D eigenvalue weighted by Gasteiger charge is -2.32. The first-order chi connectivity index (χ1) is 11.6. The fourth-order valence-electron chi connectivity index (χ4n) is 2.94. The van der Waals surface area contributed by atoms with Crippen molar-refractivity contribution in [1.82, 2.24) is 9.97 Å². The fraction of sp³-hybridized carbons (Fsp3) is 0.444. The summed E-state index contributed by atoms with van der Waals surface area (Å²) in [7, 11) is 1.65. The second-order valence-corrected chi connectivity index (χ2v) is 6.70. The van der Waals surface area contributed by atoms with Crippen LogP contribution >= 0.6 is 11.6 Å². The van der Waals surface area contributed by atoms with Gasteiger partial charge in [0.15, 0.2) is 5.82 Å². The first-order valence-corrected chi connectivity index (χ1v) is 8.62. The van der Waals surface area contributed by atoms with Crippen molar-refractivity contribution < 1.29 is 4.74 Å². The molecule has 1 aliphatic carbocycles. The first kappa shape index (κ1) is 17.1. The Morgan fingerprint density at radius 3 is 2.83 bits per heavy atom. The molecule has 1 fully saturated rings. The van der Waals surface area contributed by atoms with E-state index in [1.165, 1.54) is 5.56 Å². The van der Waals surface area contributed by atoms with Crippen LogP contribution in [0.15, 0.2) is 30.3 Å². The van der Waals surface area contributed by atoms with Gasteiger partial charge in [-0.1, -0.05) is 23.7 Å². The third kappa shape index (κ3) is 4.44. The minimum absolute atomic E-state index is 0.301. The van der Waals surface area contributed by atoms with Crippen LogP contribution in [0.3, 0.4) is 0 Å². The van der Waals surface area contributed by atoms with Gasteiger partial charge in [0, 0.05) is 42.4 Å². The van der Waals surface area contributed by atoms with E-state index in [0.717, 1.165) is 42.3 Å². The predicted molar refractivity (Wildman–Crippen MR) is 96.3 cm³/mol. The molecule has 0 atom stereocenters. The van der Waals surface area contributed by atoms with E-state index < -0.39 is 0 Å². The highest BCUT2D eigenvalue weighted by molar-refractivity contribution is 6.30. The summed E-state index contributed by atoms with van der Waals surface area (Å²) in [5.41, 5.74) is 8.16. The van der Waals surface area contributed by atoms with Gasteiger partial charge in [0.25, 0.3) is 0 Å². The number of nitrogens with one attached hydrogen (secondary N) is 1. The largest absolute Gasteiger partial charge is 0.377 e. The number of hydrogen-bond donors (Lipinski definition) is 2. The minimum atomic E-state index is 0.301. The van der Waals surface area contributed by atoms with Crippen molar-refractivity contribution in [3.05, 3.63) is 52.4 Å². The van der Waals surface area contributed by atoms with E-state index in [9.17, 15) is 0 Å². The molecule has 128 valence electrons. The van der Waals surface area contributed by atoms with Crippen LogP contribution in [0.25, 0.3) is 0 Å². The maximum absolute atomic E-state index is 6.02. The molecule has 1 aromatic heterocycles. The van der Waals surface area contributed by atoms with Crippen molar-refractivity contribution in [3.8, 4) is 0 Å². The molecule has 0 radical (unpaired) electrons. The molecule has 3 rings (SSSR count). The Balaban J connectivity index is 1.65. The lowest BCUT2D eigenvalue weighted by molar-refractivity contribution is 0.177. The third-order valence-corrected chi connectivity index (χ3v) is 4.50. The van der Waals surface area contributed by atoms with Gasteiger partial charge in [-0.25, -0.2) is 9.97 Å². The highest BCUT2D eigenvalue weighted by Gasteiger charge is 2.29. The van der Waals surface area contributed by atoms with E-state index in [2.05, 4.69) is 21.4 Å². The molecule has 6 heteroatoms. The van der Waals surface area contributed by atoms with Gasteiger partial charge in [-0.2, -0.15) is 0 Å². The molecule has 0 amide bonds. The van der Waals surface area contributed by atoms with E-state index in [1.54, 1.807) is 7.11 Å². The zero-order valence-corrected chi connectivity index (χ0v) is 14.6. The third-order valence-electron chi connectivity index (χ3n) is 4.27. The molecule has 0 aliphatic heterocycles. The van der Waals surface area contributed by atoms with Crippen LogP contribution in [0, 0.1) is 0 Å². The molecule has 1 saturated carbocycles. The van der Waals surface area contributed by atoms with Crippen molar-refractivity contribution >= 4 is 17.4 Å². The van der Waals surface area contributed by atoms with E-state index in [4.69, 9.17) is 22.1 Å². The summed E-state index contributed by atoms with van der Waals surface area (Å²) in [5.74, 6) is 1.99. The Labute approximate surface area is 147 Å². The van der Waals surface area contributed by atoms with E-state index in [-0.39, 0.29) is 0 Å². The number of nitrogens with two attached hydrogens (primary N) is 1. The molecule has 2 aromatic rings. The average molecular weight is 347 g/mol. The van der Waals surface area contributed by atoms with Crippen molar-refractivity contribution in [2.75, 3.05) is 19.0 Å². The lowest BCUT2D eigenvalue weighted by atomic mass is 9.78. The Kier molecular flexibility index (Phi) is 5.66. The average Bonchev–Trinajstić information content (AvgIpc) is 2.52. The molecule has 5 nitrogen and oxygen atoms in total. The molecule has 0 spiro atoms. The number of nitrogens with zero attached hydrogens (tertiary/aromatic N) is 2. The van der Waals surface area contributed by atoms with Crippen LogP contribution in [0.4, 0.5) is 5.82 Å². The molecule has 24 heavy (non-hydrogen) atoms. The van der Waals surface area contributed by atoms with Gasteiger partial charge in [0.2, 0.25) is 0 Å². The summed E-state index contributed by atoms with van der Waals surface area (Å²) in [6, 6.07) is 10.3. The van der Waals surface area contributed by atoms with E-state index in [0.29, 0.717) is 24.4 Å². The maximum Gasteiger partial charge on any atom is 0.156 e. The summed E-state index contributed by atoms with van der Waals surface area (Å²) in [6.45, 7) is 1.20. The molecule has 1 aliphatic rings. The standard InChI is InChI=1S/C18H23ClN4O/c1-24-11-18-22-16(13-8-15(20)9-13)10-17(23-18)21-6-5-12-3-2-4-14(19)7-12/h2-4,7,10,13,15H,5-6,8-9,11,20H2,1H3,(H,21,22,23). The Morgan fingerprint density at radius 2 is 2.12 bits per heavy atom. The zero-order chi connectivity index (χ0) is 16.9. The van der Waals surface area contributed by atoms with Gasteiger partial charge < -0.3 is 15.8 Å². The minimum Gasteiger partial charge on any atom is -0.377 e. The Morgan fingerprint density at radius 1 is 1.29 bits per heavy atom. The predicted octanol–water partition coefficient (Wildman–Crippen LogP) is 3.14. The molecular formula is C18H23ClN4O. The van der Waals surface area contributed by atoms with Crippen LogP contribution in [-0.2, 0) is 17.8 Å². The molecule has 0 unspecified atom stereocenters. The smallest absolute Gasteiger partial charge is 0.156 e. The summed E-state index contributed by atoms with van der Waals surface area (Å²) in [5, 5.41) is 4.15. The number of benzene rings is 1. The number of rotatable bonds is 7. The SMILES string of the molecule is COCc1nc(NCCc2cccc(Cl)c2)cc(C2CC(N)C2)n1. The molecule has 0 bridgehead atoms. The summed E-state index contributed by atoms with van der Waals surface area (Å²) in [6.07, 6.45) is 2.87. The van der Waals surface area contributed by atoms with Crippen LogP contribution in [0.5, 0.6) is 0 Å². The molecule has 1 aromatic carbocycles. The van der Waals surface area contributed by atoms with Crippen molar-refractivity contribution in [3.63, 3.8) is 0 Å². The second kappa shape index (κ2) is 7.92. The molecular weight excluding hydrogens is 324 g/mol. The van der Waals surface area contributed by atoms with Gasteiger partial charge in [-0.3, -0.25) is 0 Å². The monoisotopic (exact) mass is 346 g/mol. The first-order valence-electron chi connectivity index (χ1n) is 8.24. The van der Waals surface area contributed by atoms with Gasteiger partial charge in [-0.15, -0.1) is 0 Å². The van der Waals surface area contributed by atoms with Crippen molar-refractivity contribution in [2.45, 2.75) is 37.8 Å². The number of halogens is 1. The van der Waals surface area contributed by atoms with Crippen LogP contribution in [0.1, 0.15) is 35.8 Å². The molecule has 3 N–H and O–H groups in total. The topological polar surface area (TPSA) is 73.1 Å². The van der Waals surface area contributed by atoms with E-state index >= 15 is 0 Å². The molecule has 1 heterocycles. The van der Waals surface area contributed by atoms with Gasteiger partial charge in [0.1, 0.15) is 12.4 Å². The highest BCUT2D eigenvalue weighted by atomic mass is 35.5. The fourth-order valence-corrected chi connectivity index (χ4v) is 3.15. The normalized spacial score (nSPS) is 19.8. The van der Waals surface area contributed by atoms with Crippen molar-refractivity contribution in [2.24, 2.45) is 5.73 Å². The van der Waals surface area contributed by atoms with Gasteiger partial charge in [0.05, 0.1) is 0 Å². The Hall–Kier alpha value is -1.69. The summed E-state index contributed by atoms with van der Waals surface area (Å²) in [4.78, 5) is 9.14. The van der Waals surface area contributed by atoms with Crippen molar-refractivity contribution in [1.29, 1.82) is 0 Å². The lowest BCUT2D eigenvalue weighted by Crippen LogP contribution is -2.35. The van der Waals surface area contributed by atoms with Crippen LogP contribution < -0.4 is 11.1 Å². The number of hydrogen-bond acceptors (Lipinski definition) is 5. The quantitative estimate of drug-likeness (QED) is 0.805. The second-order valence-electron chi connectivity index (χ2n) is 6.26. The Bertz CT molecular complexity index is 688.